The van der Waals surface area contributed by atoms with Crippen LogP contribution < -0.4 is 10.2 Å². The summed E-state index contributed by atoms with van der Waals surface area (Å²) in [5, 5.41) is 3.76. The van der Waals surface area contributed by atoms with E-state index in [-0.39, 0.29) is 11.9 Å². The Labute approximate surface area is 127 Å². The van der Waals surface area contributed by atoms with E-state index in [1.165, 1.54) is 37.7 Å². The van der Waals surface area contributed by atoms with Gasteiger partial charge in [-0.1, -0.05) is 31.5 Å². The van der Waals surface area contributed by atoms with Gasteiger partial charge >= 0.3 is 0 Å². The van der Waals surface area contributed by atoms with Crippen LogP contribution in [0.15, 0.2) is 24.3 Å². The third kappa shape index (κ3) is 2.98. The number of anilines is 1. The number of hydrogen-bond acceptors (Lipinski definition) is 2. The van der Waals surface area contributed by atoms with E-state index in [9.17, 15) is 4.79 Å². The molecule has 3 heteroatoms. The molecule has 1 aromatic carbocycles. The molecular formula is C18H26N2O. The second kappa shape index (κ2) is 6.18. The number of nitrogens with one attached hydrogen (secondary N) is 1. The largest absolute Gasteiger partial charge is 0.315 e. The lowest BCUT2D eigenvalue weighted by atomic mass is 9.83. The number of carbonyl (C=O) groups excluding carboxylic acids is 1. The summed E-state index contributed by atoms with van der Waals surface area (Å²) in [6.45, 7) is 2.30. The van der Waals surface area contributed by atoms with Crippen LogP contribution >= 0.6 is 0 Å². The van der Waals surface area contributed by atoms with Crippen LogP contribution in [0.25, 0.3) is 0 Å². The minimum absolute atomic E-state index is 0.188. The number of amides is 1. The quantitative estimate of drug-likeness (QED) is 0.920. The van der Waals surface area contributed by atoms with Crippen LogP contribution in [-0.4, -0.2) is 19.0 Å². The zero-order valence-corrected chi connectivity index (χ0v) is 13.1. The maximum atomic E-state index is 12.2. The van der Waals surface area contributed by atoms with E-state index in [4.69, 9.17) is 0 Å². The molecule has 1 N–H and O–H groups in total. The van der Waals surface area contributed by atoms with Crippen molar-refractivity contribution < 1.29 is 4.79 Å². The highest BCUT2D eigenvalue weighted by Gasteiger charge is 2.31. The zero-order chi connectivity index (χ0) is 14.8. The van der Waals surface area contributed by atoms with Gasteiger partial charge < -0.3 is 10.2 Å². The monoisotopic (exact) mass is 286 g/mol. The fourth-order valence-electron chi connectivity index (χ4n) is 3.81. The Morgan fingerprint density at radius 3 is 2.62 bits per heavy atom. The highest BCUT2D eigenvalue weighted by Crippen LogP contribution is 2.35. The number of fused-ring (bicyclic) bond motifs is 1. The molecular weight excluding hydrogens is 260 g/mol. The summed E-state index contributed by atoms with van der Waals surface area (Å²) in [6.07, 6.45) is 7.05. The molecule has 1 aliphatic carbocycles. The molecule has 1 atom stereocenters. The molecule has 1 fully saturated rings. The summed E-state index contributed by atoms with van der Waals surface area (Å²) in [7, 11) is 1.88. The molecule has 1 saturated carbocycles. The third-order valence-electron chi connectivity index (χ3n) is 5.29. The molecule has 0 aromatic heterocycles. The summed E-state index contributed by atoms with van der Waals surface area (Å²) in [5.74, 6) is 1.13. The van der Waals surface area contributed by atoms with Crippen molar-refractivity contribution in [2.75, 3.05) is 11.9 Å². The second-order valence-electron chi connectivity index (χ2n) is 6.56. The van der Waals surface area contributed by atoms with E-state index in [0.717, 1.165) is 11.6 Å². The van der Waals surface area contributed by atoms with Gasteiger partial charge in [0.15, 0.2) is 0 Å². The van der Waals surface area contributed by atoms with Crippen molar-refractivity contribution in [3.05, 3.63) is 29.8 Å². The Bertz CT molecular complexity index is 506. The van der Waals surface area contributed by atoms with E-state index >= 15 is 0 Å². The predicted molar refractivity (Wildman–Crippen MR) is 86.4 cm³/mol. The van der Waals surface area contributed by atoms with Crippen molar-refractivity contribution in [1.82, 2.24) is 5.32 Å². The summed E-state index contributed by atoms with van der Waals surface area (Å²) < 4.78 is 0. The number of carbonyl (C=O) groups is 1. The summed E-state index contributed by atoms with van der Waals surface area (Å²) >= 11 is 0. The van der Waals surface area contributed by atoms with Gasteiger partial charge in [-0.25, -0.2) is 0 Å². The highest BCUT2D eigenvalue weighted by atomic mass is 16.2. The predicted octanol–water partition coefficient (Wildman–Crippen LogP) is 3.65. The summed E-state index contributed by atoms with van der Waals surface area (Å²) in [4.78, 5) is 14.0. The van der Waals surface area contributed by atoms with Crippen molar-refractivity contribution in [1.29, 1.82) is 0 Å². The number of para-hydroxylation sites is 1. The molecule has 3 nitrogen and oxygen atoms in total. The SMILES string of the molecule is CCC1CCC(NC2CC(=O)N(C)c3ccccc32)CC1. The first-order chi connectivity index (χ1) is 10.2. The topological polar surface area (TPSA) is 32.3 Å². The van der Waals surface area contributed by atoms with Gasteiger partial charge in [-0.2, -0.15) is 0 Å². The molecule has 1 heterocycles. The molecule has 1 amide bonds. The molecule has 0 spiro atoms. The van der Waals surface area contributed by atoms with E-state index < -0.39 is 0 Å². The fourth-order valence-corrected chi connectivity index (χ4v) is 3.81. The van der Waals surface area contributed by atoms with Crippen LogP contribution in [0.1, 0.15) is 57.1 Å². The van der Waals surface area contributed by atoms with Gasteiger partial charge in [0.05, 0.1) is 0 Å². The molecule has 0 radical (unpaired) electrons. The van der Waals surface area contributed by atoms with Gasteiger partial charge in [0.25, 0.3) is 0 Å². The lowest BCUT2D eigenvalue weighted by Crippen LogP contribution is -2.42. The first kappa shape index (κ1) is 14.6. The van der Waals surface area contributed by atoms with Crippen LogP contribution in [-0.2, 0) is 4.79 Å². The molecule has 21 heavy (non-hydrogen) atoms. The first-order valence-electron chi connectivity index (χ1n) is 8.30. The second-order valence-corrected chi connectivity index (χ2v) is 6.56. The smallest absolute Gasteiger partial charge is 0.228 e. The van der Waals surface area contributed by atoms with Crippen LogP contribution in [0.3, 0.4) is 0 Å². The molecule has 3 rings (SSSR count). The van der Waals surface area contributed by atoms with Crippen LogP contribution in [0, 0.1) is 5.92 Å². The van der Waals surface area contributed by atoms with Gasteiger partial charge in [0, 0.05) is 31.2 Å². The average molecular weight is 286 g/mol. The third-order valence-corrected chi connectivity index (χ3v) is 5.29. The van der Waals surface area contributed by atoms with Crippen LogP contribution in [0.4, 0.5) is 5.69 Å². The summed E-state index contributed by atoms with van der Waals surface area (Å²) in [5.41, 5.74) is 2.34. The average Bonchev–Trinajstić information content (AvgIpc) is 2.53. The van der Waals surface area contributed by atoms with E-state index in [1.807, 2.05) is 13.1 Å². The molecule has 0 bridgehead atoms. The molecule has 114 valence electrons. The molecule has 1 aliphatic heterocycles. The van der Waals surface area contributed by atoms with Gasteiger partial charge in [0.2, 0.25) is 5.91 Å². The maximum absolute atomic E-state index is 12.2. The molecule has 1 aromatic rings. The zero-order valence-electron chi connectivity index (χ0n) is 13.1. The Kier molecular flexibility index (Phi) is 4.29. The standard InChI is InChI=1S/C18H26N2O/c1-3-13-8-10-14(11-9-13)19-16-12-18(21)20(2)17-7-5-4-6-15(16)17/h4-7,13-14,16,19H,3,8-12H2,1-2H3. The van der Waals surface area contributed by atoms with E-state index in [0.29, 0.717) is 12.5 Å². The normalized spacial score (nSPS) is 29.3. The Hall–Kier alpha value is -1.35. The Morgan fingerprint density at radius 2 is 1.90 bits per heavy atom. The number of benzene rings is 1. The molecule has 1 unspecified atom stereocenters. The van der Waals surface area contributed by atoms with Crippen molar-refractivity contribution in [2.24, 2.45) is 5.92 Å². The fraction of sp³-hybridized carbons (Fsp3) is 0.611. The van der Waals surface area contributed by atoms with Crippen molar-refractivity contribution in [2.45, 2.75) is 57.5 Å². The van der Waals surface area contributed by atoms with Crippen molar-refractivity contribution in [3.8, 4) is 0 Å². The maximum Gasteiger partial charge on any atom is 0.228 e. The first-order valence-corrected chi connectivity index (χ1v) is 8.30. The Morgan fingerprint density at radius 1 is 1.19 bits per heavy atom. The van der Waals surface area contributed by atoms with Crippen LogP contribution in [0.2, 0.25) is 0 Å². The van der Waals surface area contributed by atoms with Crippen molar-refractivity contribution >= 4 is 11.6 Å². The van der Waals surface area contributed by atoms with E-state index in [2.05, 4.69) is 30.4 Å². The minimum atomic E-state index is 0.188. The van der Waals surface area contributed by atoms with E-state index in [1.54, 1.807) is 4.90 Å². The lowest BCUT2D eigenvalue weighted by molar-refractivity contribution is -0.119. The van der Waals surface area contributed by atoms with Crippen molar-refractivity contribution in [3.63, 3.8) is 0 Å². The Balaban J connectivity index is 1.71. The number of nitrogens with zero attached hydrogens (tertiary/aromatic N) is 1. The van der Waals surface area contributed by atoms with Gasteiger partial charge in [-0.3, -0.25) is 4.79 Å². The number of rotatable bonds is 3. The van der Waals surface area contributed by atoms with Crippen LogP contribution in [0.5, 0.6) is 0 Å². The molecule has 0 saturated heterocycles. The molecule has 2 aliphatic rings. The van der Waals surface area contributed by atoms with Gasteiger partial charge in [-0.15, -0.1) is 0 Å². The lowest BCUT2D eigenvalue weighted by Gasteiger charge is -2.36. The minimum Gasteiger partial charge on any atom is -0.315 e. The van der Waals surface area contributed by atoms with Gasteiger partial charge in [-0.05, 0) is 43.2 Å². The summed E-state index contributed by atoms with van der Waals surface area (Å²) in [6, 6.07) is 9.06. The number of hydrogen-bond donors (Lipinski definition) is 1. The van der Waals surface area contributed by atoms with Gasteiger partial charge in [0.1, 0.15) is 0 Å². The highest BCUT2D eigenvalue weighted by molar-refractivity contribution is 5.96.